The van der Waals surface area contributed by atoms with Gasteiger partial charge in [-0.2, -0.15) is 5.26 Å². The molecule has 0 atom stereocenters. The summed E-state index contributed by atoms with van der Waals surface area (Å²) in [6, 6.07) is 16.4. The van der Waals surface area contributed by atoms with Gasteiger partial charge in [0.15, 0.2) is 0 Å². The zero-order valence-corrected chi connectivity index (χ0v) is 17.0. The van der Waals surface area contributed by atoms with Crippen LogP contribution in [0, 0.1) is 11.3 Å². The van der Waals surface area contributed by atoms with Gasteiger partial charge in [0.25, 0.3) is 0 Å². The Morgan fingerprint density at radius 3 is 2.04 bits per heavy atom. The summed E-state index contributed by atoms with van der Waals surface area (Å²) in [7, 11) is 0. The molecule has 2 aromatic carbocycles. The molecule has 0 aliphatic heterocycles. The number of nitriles is 1. The molecule has 0 saturated carbocycles. The van der Waals surface area contributed by atoms with Gasteiger partial charge >= 0.3 is 0 Å². The highest BCUT2D eigenvalue weighted by atomic mass is 15.1. The zero-order chi connectivity index (χ0) is 19.8. The smallest absolute Gasteiger partial charge is 0.144 e. The van der Waals surface area contributed by atoms with Gasteiger partial charge in [-0.3, -0.25) is 4.57 Å². The Kier molecular flexibility index (Phi) is 4.70. The summed E-state index contributed by atoms with van der Waals surface area (Å²) in [5, 5.41) is 9.27. The van der Waals surface area contributed by atoms with E-state index in [1.807, 2.05) is 36.7 Å². The number of nitrogens with zero attached hydrogens (tertiary/aromatic N) is 3. The Morgan fingerprint density at radius 1 is 0.889 bits per heavy atom. The van der Waals surface area contributed by atoms with E-state index < -0.39 is 0 Å². The average molecular weight is 358 g/mol. The summed E-state index contributed by atoms with van der Waals surface area (Å²) >= 11 is 0. The van der Waals surface area contributed by atoms with Gasteiger partial charge in [-0.25, -0.2) is 4.98 Å². The molecule has 0 radical (unpaired) electrons. The normalized spacial score (nSPS) is 12.0. The van der Waals surface area contributed by atoms with Crippen molar-refractivity contribution >= 4 is 0 Å². The second-order valence-corrected chi connectivity index (χ2v) is 9.02. The highest BCUT2D eigenvalue weighted by Gasteiger charge is 2.27. The van der Waals surface area contributed by atoms with Crippen LogP contribution in [0.1, 0.15) is 58.2 Å². The molecule has 3 heteroatoms. The van der Waals surface area contributed by atoms with E-state index in [0.717, 1.165) is 11.4 Å². The minimum Gasteiger partial charge on any atom is -0.299 e. The first-order chi connectivity index (χ1) is 12.6. The van der Waals surface area contributed by atoms with Gasteiger partial charge in [-0.1, -0.05) is 71.9 Å². The number of rotatable bonds is 2. The van der Waals surface area contributed by atoms with Gasteiger partial charge in [0.2, 0.25) is 0 Å². The number of benzene rings is 2. The van der Waals surface area contributed by atoms with E-state index in [2.05, 4.69) is 75.4 Å². The third-order valence-corrected chi connectivity index (χ3v) is 4.78. The van der Waals surface area contributed by atoms with Gasteiger partial charge in [-0.15, -0.1) is 0 Å². The lowest BCUT2D eigenvalue weighted by molar-refractivity contribution is 0.562. The fourth-order valence-electron chi connectivity index (χ4n) is 3.44. The Morgan fingerprint density at radius 2 is 1.48 bits per heavy atom. The van der Waals surface area contributed by atoms with Gasteiger partial charge in [0, 0.05) is 18.0 Å². The number of hydrogen-bond acceptors (Lipinski definition) is 2. The first kappa shape index (κ1) is 18.9. The van der Waals surface area contributed by atoms with E-state index in [1.54, 1.807) is 0 Å². The molecule has 3 aromatic rings. The average Bonchev–Trinajstić information content (AvgIpc) is 3.09. The fourth-order valence-corrected chi connectivity index (χ4v) is 3.44. The van der Waals surface area contributed by atoms with E-state index in [9.17, 15) is 5.26 Å². The molecule has 0 saturated heterocycles. The predicted octanol–water partition coefficient (Wildman–Crippen LogP) is 6.01. The number of aromatic nitrogens is 2. The largest absolute Gasteiger partial charge is 0.299 e. The summed E-state index contributed by atoms with van der Waals surface area (Å²) in [5.74, 6) is 0.856. The quantitative estimate of drug-likeness (QED) is 0.564. The van der Waals surface area contributed by atoms with Crippen molar-refractivity contribution in [2.45, 2.75) is 52.4 Å². The van der Waals surface area contributed by atoms with E-state index in [1.165, 1.54) is 16.8 Å². The fraction of sp³-hybridized carbons (Fsp3) is 0.333. The van der Waals surface area contributed by atoms with Gasteiger partial charge in [0.05, 0.1) is 17.3 Å². The highest BCUT2D eigenvalue weighted by Crippen LogP contribution is 2.38. The molecule has 0 aliphatic rings. The molecular weight excluding hydrogens is 330 g/mol. The molecule has 0 spiro atoms. The van der Waals surface area contributed by atoms with Crippen LogP contribution in [-0.4, -0.2) is 9.55 Å². The summed E-state index contributed by atoms with van der Waals surface area (Å²) in [6.07, 6.45) is 3.86. The van der Waals surface area contributed by atoms with Crippen molar-refractivity contribution in [3.05, 3.63) is 71.5 Å². The maximum Gasteiger partial charge on any atom is 0.144 e. The van der Waals surface area contributed by atoms with Crippen molar-refractivity contribution in [3.8, 4) is 23.1 Å². The first-order valence-corrected chi connectivity index (χ1v) is 9.31. The van der Waals surface area contributed by atoms with Crippen molar-refractivity contribution in [1.82, 2.24) is 9.55 Å². The van der Waals surface area contributed by atoms with Crippen LogP contribution in [0.3, 0.4) is 0 Å². The summed E-state index contributed by atoms with van der Waals surface area (Å²) in [4.78, 5) is 4.64. The van der Waals surface area contributed by atoms with Crippen molar-refractivity contribution < 1.29 is 0 Å². The molecule has 3 rings (SSSR count). The topological polar surface area (TPSA) is 41.6 Å². The molecule has 27 heavy (non-hydrogen) atoms. The van der Waals surface area contributed by atoms with Crippen LogP contribution in [-0.2, 0) is 10.8 Å². The molecule has 0 N–H and O–H groups in total. The lowest BCUT2D eigenvalue weighted by Crippen LogP contribution is -2.22. The van der Waals surface area contributed by atoms with Crippen LogP contribution in [0.2, 0.25) is 0 Å². The lowest BCUT2D eigenvalue weighted by Gasteiger charge is -2.30. The van der Waals surface area contributed by atoms with Crippen molar-refractivity contribution in [1.29, 1.82) is 5.26 Å². The van der Waals surface area contributed by atoms with Crippen molar-refractivity contribution in [2.24, 2.45) is 0 Å². The molecule has 138 valence electrons. The van der Waals surface area contributed by atoms with Crippen LogP contribution in [0.15, 0.2) is 54.9 Å². The minimum atomic E-state index is -0.00731. The lowest BCUT2D eigenvalue weighted by atomic mass is 9.78. The second kappa shape index (κ2) is 6.70. The number of hydrogen-bond donors (Lipinski definition) is 0. The van der Waals surface area contributed by atoms with Crippen LogP contribution < -0.4 is 0 Å². The number of para-hydroxylation sites is 1. The summed E-state index contributed by atoms with van der Waals surface area (Å²) < 4.78 is 2.18. The van der Waals surface area contributed by atoms with E-state index in [0.29, 0.717) is 5.56 Å². The monoisotopic (exact) mass is 357 g/mol. The maximum atomic E-state index is 9.27. The van der Waals surface area contributed by atoms with Gasteiger partial charge in [0.1, 0.15) is 5.82 Å². The van der Waals surface area contributed by atoms with Crippen molar-refractivity contribution in [2.75, 3.05) is 0 Å². The predicted molar refractivity (Wildman–Crippen MR) is 111 cm³/mol. The molecule has 3 nitrogen and oxygen atoms in total. The standard InChI is InChI=1S/C24H27N3/c1-23(2,3)19-11-8-12-20(24(4,5)6)21(19)27-14-13-26-22(27)18-10-7-9-17(15-18)16-25/h7-15H,1-6H3. The molecule has 0 bridgehead atoms. The van der Waals surface area contributed by atoms with Crippen LogP contribution >= 0.6 is 0 Å². The van der Waals surface area contributed by atoms with Crippen LogP contribution in [0.5, 0.6) is 0 Å². The molecule has 0 unspecified atom stereocenters. The van der Waals surface area contributed by atoms with E-state index in [-0.39, 0.29) is 10.8 Å². The second-order valence-electron chi connectivity index (χ2n) is 9.02. The highest BCUT2D eigenvalue weighted by molar-refractivity contribution is 5.64. The zero-order valence-electron chi connectivity index (χ0n) is 17.0. The Balaban J connectivity index is 2.33. The third kappa shape index (κ3) is 3.66. The van der Waals surface area contributed by atoms with Crippen molar-refractivity contribution in [3.63, 3.8) is 0 Å². The molecule has 0 amide bonds. The van der Waals surface area contributed by atoms with E-state index >= 15 is 0 Å². The molecule has 0 aliphatic carbocycles. The maximum absolute atomic E-state index is 9.27. The Bertz CT molecular complexity index is 973. The van der Waals surface area contributed by atoms with Crippen LogP contribution in [0.25, 0.3) is 17.1 Å². The molecule has 0 fully saturated rings. The SMILES string of the molecule is CC(C)(C)c1cccc(C(C)(C)C)c1-n1ccnc1-c1cccc(C#N)c1. The molecule has 1 heterocycles. The Labute approximate surface area is 162 Å². The summed E-state index contributed by atoms with van der Waals surface area (Å²) in [6.45, 7) is 13.4. The van der Waals surface area contributed by atoms with E-state index in [4.69, 9.17) is 0 Å². The van der Waals surface area contributed by atoms with Crippen LogP contribution in [0.4, 0.5) is 0 Å². The molecular formula is C24H27N3. The van der Waals surface area contributed by atoms with Gasteiger partial charge in [-0.05, 0) is 34.1 Å². The van der Waals surface area contributed by atoms with Gasteiger partial charge < -0.3 is 0 Å². The number of imidazole rings is 1. The summed E-state index contributed by atoms with van der Waals surface area (Å²) in [5.41, 5.74) is 5.33. The first-order valence-electron chi connectivity index (χ1n) is 9.31. The minimum absolute atomic E-state index is 0.00731. The molecule has 1 aromatic heterocycles. The third-order valence-electron chi connectivity index (χ3n) is 4.78. The Hall–Kier alpha value is -2.86.